The number of guanidine groups is 1. The van der Waals surface area contributed by atoms with Crippen LogP contribution in [-0.4, -0.2) is 69.8 Å². The highest BCUT2D eigenvalue weighted by Gasteiger charge is 2.36. The molecule has 3 heterocycles. The van der Waals surface area contributed by atoms with Crippen molar-refractivity contribution < 1.29 is 14.1 Å². The van der Waals surface area contributed by atoms with E-state index in [1.807, 2.05) is 20.8 Å². The van der Waals surface area contributed by atoms with Crippen molar-refractivity contribution in [2.75, 3.05) is 26.2 Å². The highest BCUT2D eigenvalue weighted by Crippen LogP contribution is 2.18. The van der Waals surface area contributed by atoms with E-state index >= 15 is 0 Å². The van der Waals surface area contributed by atoms with Gasteiger partial charge in [-0.25, -0.2) is 4.79 Å². The quantitative estimate of drug-likeness (QED) is 0.661. The Balaban J connectivity index is 0.00000225. The maximum absolute atomic E-state index is 12.2. The van der Waals surface area contributed by atoms with Crippen LogP contribution in [0.4, 0.5) is 4.79 Å². The summed E-state index contributed by atoms with van der Waals surface area (Å²) in [6, 6.07) is 0.179. The number of fused-ring (bicyclic) bond motifs is 1. The number of aryl methyl sites for hydroxylation is 1. The minimum atomic E-state index is -0.477. The molecule has 0 radical (unpaired) electrons. The number of amides is 1. The molecule has 1 fully saturated rings. The second-order valence-electron chi connectivity index (χ2n) is 7.03. The summed E-state index contributed by atoms with van der Waals surface area (Å²) in [5.74, 6) is 1.97. The van der Waals surface area contributed by atoms with Crippen LogP contribution in [0, 0.1) is 6.92 Å². The number of nitrogens with zero attached hydrogens (tertiary/aromatic N) is 5. The van der Waals surface area contributed by atoms with Crippen LogP contribution in [0.2, 0.25) is 0 Å². The van der Waals surface area contributed by atoms with E-state index in [1.54, 1.807) is 11.8 Å². The number of aromatic nitrogens is 2. The van der Waals surface area contributed by atoms with Crippen molar-refractivity contribution in [3.05, 3.63) is 11.7 Å². The zero-order valence-corrected chi connectivity index (χ0v) is 17.3. The largest absolute Gasteiger partial charge is 0.444 e. The van der Waals surface area contributed by atoms with E-state index in [1.165, 1.54) is 0 Å². The lowest BCUT2D eigenvalue weighted by atomic mass is 10.2. The van der Waals surface area contributed by atoms with Gasteiger partial charge in [0.05, 0.1) is 19.1 Å². The highest BCUT2D eigenvalue weighted by atomic mass is 127. The van der Waals surface area contributed by atoms with Crippen LogP contribution in [0.5, 0.6) is 0 Å². The molecule has 25 heavy (non-hydrogen) atoms. The second-order valence-corrected chi connectivity index (χ2v) is 7.03. The molecule has 2 aliphatic rings. The maximum Gasteiger partial charge on any atom is 0.410 e. The van der Waals surface area contributed by atoms with E-state index in [2.05, 4.69) is 25.3 Å². The highest BCUT2D eigenvalue weighted by molar-refractivity contribution is 14.0. The number of piperazine rings is 1. The van der Waals surface area contributed by atoms with Crippen molar-refractivity contribution in [2.45, 2.75) is 45.9 Å². The summed E-state index contributed by atoms with van der Waals surface area (Å²) in [4.78, 5) is 24.8. The summed E-state index contributed by atoms with van der Waals surface area (Å²) < 4.78 is 10.5. The Morgan fingerprint density at radius 2 is 2.16 bits per heavy atom. The molecule has 0 spiro atoms. The third-order valence-corrected chi connectivity index (χ3v) is 3.83. The molecule has 0 aliphatic carbocycles. The van der Waals surface area contributed by atoms with Gasteiger partial charge in [-0.05, 0) is 27.7 Å². The standard InChI is InChI=1S/C15H24N6O3.HI/c1-10-18-12(24-19-10)8-17-13-16-7-11-9-20(5-6-21(11)13)14(22)23-15(2,3)4;/h11H,5-9H2,1-4H3,(H,16,17);1H. The summed E-state index contributed by atoms with van der Waals surface area (Å²) in [6.45, 7) is 10.5. The van der Waals surface area contributed by atoms with Gasteiger partial charge in [0.2, 0.25) is 5.89 Å². The average molecular weight is 464 g/mol. The first-order valence-corrected chi connectivity index (χ1v) is 8.14. The molecular weight excluding hydrogens is 439 g/mol. The van der Waals surface area contributed by atoms with Crippen molar-refractivity contribution >= 4 is 36.0 Å². The van der Waals surface area contributed by atoms with Crippen LogP contribution < -0.4 is 5.32 Å². The van der Waals surface area contributed by atoms with Gasteiger partial charge >= 0.3 is 6.09 Å². The van der Waals surface area contributed by atoms with Crippen LogP contribution in [0.1, 0.15) is 32.5 Å². The van der Waals surface area contributed by atoms with Gasteiger partial charge in [-0.3, -0.25) is 4.99 Å². The van der Waals surface area contributed by atoms with Gasteiger partial charge in [0.1, 0.15) is 5.60 Å². The van der Waals surface area contributed by atoms with Crippen LogP contribution >= 0.6 is 24.0 Å². The summed E-state index contributed by atoms with van der Waals surface area (Å²) in [5, 5.41) is 7.00. The predicted molar refractivity (Wildman–Crippen MR) is 102 cm³/mol. The first kappa shape index (κ1) is 19.7. The molecule has 10 heteroatoms. The van der Waals surface area contributed by atoms with Crippen molar-refractivity contribution in [1.29, 1.82) is 0 Å². The van der Waals surface area contributed by atoms with Crippen molar-refractivity contribution in [3.8, 4) is 0 Å². The Hall–Kier alpha value is -1.59. The average Bonchev–Trinajstić information content (AvgIpc) is 3.08. The van der Waals surface area contributed by atoms with Gasteiger partial charge in [0.25, 0.3) is 0 Å². The van der Waals surface area contributed by atoms with Gasteiger partial charge < -0.3 is 24.4 Å². The smallest absolute Gasteiger partial charge is 0.410 e. The van der Waals surface area contributed by atoms with Crippen molar-refractivity contribution in [1.82, 2.24) is 25.3 Å². The summed E-state index contributed by atoms with van der Waals surface area (Å²) in [7, 11) is 0. The van der Waals surface area contributed by atoms with Crippen LogP contribution in [0.3, 0.4) is 0 Å². The first-order chi connectivity index (χ1) is 11.3. The molecule has 140 valence electrons. The number of aliphatic imine (C=N–C) groups is 1. The van der Waals surface area contributed by atoms with E-state index in [0.717, 1.165) is 12.5 Å². The maximum atomic E-state index is 12.2. The molecule has 1 unspecified atom stereocenters. The summed E-state index contributed by atoms with van der Waals surface area (Å²) >= 11 is 0. The molecule has 0 bridgehead atoms. The molecule has 1 amide bonds. The number of carbonyl (C=O) groups excluding carboxylic acids is 1. The molecule has 0 aromatic carbocycles. The van der Waals surface area contributed by atoms with E-state index in [4.69, 9.17) is 9.26 Å². The minimum Gasteiger partial charge on any atom is -0.444 e. The number of nitrogens with one attached hydrogen (secondary N) is 1. The molecule has 1 saturated heterocycles. The molecule has 1 aromatic rings. The Kier molecular flexibility index (Phi) is 6.12. The lowest BCUT2D eigenvalue weighted by Gasteiger charge is -2.39. The Morgan fingerprint density at radius 1 is 1.40 bits per heavy atom. The third-order valence-electron chi connectivity index (χ3n) is 3.83. The summed E-state index contributed by atoms with van der Waals surface area (Å²) in [5.41, 5.74) is -0.477. The van der Waals surface area contributed by atoms with Crippen molar-refractivity contribution in [2.24, 2.45) is 4.99 Å². The fourth-order valence-electron chi connectivity index (χ4n) is 2.79. The molecule has 1 atom stereocenters. The fourth-order valence-corrected chi connectivity index (χ4v) is 2.79. The summed E-state index contributed by atoms with van der Waals surface area (Å²) in [6.07, 6.45) is -0.259. The molecule has 9 nitrogen and oxygen atoms in total. The predicted octanol–water partition coefficient (Wildman–Crippen LogP) is 1.38. The molecule has 1 aromatic heterocycles. The van der Waals surface area contributed by atoms with Crippen molar-refractivity contribution in [3.63, 3.8) is 0 Å². The van der Waals surface area contributed by atoms with E-state index in [0.29, 0.717) is 37.9 Å². The topological polar surface area (TPSA) is 96.1 Å². The molecule has 3 rings (SSSR count). The van der Waals surface area contributed by atoms with Crippen LogP contribution in [-0.2, 0) is 11.3 Å². The van der Waals surface area contributed by atoms with E-state index < -0.39 is 5.60 Å². The number of ether oxygens (including phenoxy) is 1. The number of hydrogen-bond donors (Lipinski definition) is 1. The van der Waals surface area contributed by atoms with Gasteiger partial charge in [-0.15, -0.1) is 24.0 Å². The van der Waals surface area contributed by atoms with Gasteiger partial charge in [0, 0.05) is 19.6 Å². The van der Waals surface area contributed by atoms with Gasteiger partial charge in [-0.1, -0.05) is 5.16 Å². The SMILES string of the molecule is Cc1noc(CNC2=NCC3CN(C(=O)OC(C)(C)C)CCN23)n1.I. The number of carbonyl (C=O) groups is 1. The zero-order valence-electron chi connectivity index (χ0n) is 15.0. The van der Waals surface area contributed by atoms with Crippen LogP contribution in [0.15, 0.2) is 9.52 Å². The molecule has 2 aliphatic heterocycles. The minimum absolute atomic E-state index is 0. The first-order valence-electron chi connectivity index (χ1n) is 8.14. The van der Waals surface area contributed by atoms with E-state index in [-0.39, 0.29) is 36.1 Å². The van der Waals surface area contributed by atoms with Gasteiger partial charge in [0.15, 0.2) is 11.8 Å². The number of rotatable bonds is 2. The van der Waals surface area contributed by atoms with E-state index in [9.17, 15) is 4.79 Å². The Labute approximate surface area is 164 Å². The monoisotopic (exact) mass is 464 g/mol. The Morgan fingerprint density at radius 3 is 2.80 bits per heavy atom. The van der Waals surface area contributed by atoms with Gasteiger partial charge in [-0.2, -0.15) is 4.98 Å². The lowest BCUT2D eigenvalue weighted by molar-refractivity contribution is 0.0137. The fraction of sp³-hybridized carbons (Fsp3) is 0.733. The number of hydrogen-bond acceptors (Lipinski definition) is 8. The third kappa shape index (κ3) is 4.95. The lowest BCUT2D eigenvalue weighted by Crippen LogP contribution is -2.57. The molecule has 1 N–H and O–H groups in total. The number of halogens is 1. The zero-order chi connectivity index (χ0) is 17.3. The van der Waals surface area contributed by atoms with Crippen LogP contribution in [0.25, 0.3) is 0 Å². The normalized spacial score (nSPS) is 19.8. The Bertz CT molecular complexity index is 641. The molecular formula is C15H25IN6O3. The second kappa shape index (κ2) is 7.75. The molecule has 0 saturated carbocycles.